The van der Waals surface area contributed by atoms with Crippen LogP contribution in [0.3, 0.4) is 0 Å². The highest BCUT2D eigenvalue weighted by atomic mass is 16.1. The van der Waals surface area contributed by atoms with Crippen molar-refractivity contribution in [2.75, 3.05) is 44.3 Å². The largest absolute Gasteiger partial charge is 0.397 e. The molecule has 1 saturated heterocycles. The third kappa shape index (κ3) is 3.61. The van der Waals surface area contributed by atoms with E-state index in [1.54, 1.807) is 19.2 Å². The second kappa shape index (κ2) is 6.43. The van der Waals surface area contributed by atoms with E-state index in [4.69, 9.17) is 5.73 Å². The number of carbonyl (C=O) groups excluding carboxylic acids is 1. The molecule has 5 nitrogen and oxygen atoms in total. The van der Waals surface area contributed by atoms with Gasteiger partial charge in [-0.05, 0) is 44.1 Å². The Bertz CT molecular complexity index is 441. The molecule has 1 aliphatic heterocycles. The molecule has 0 aromatic heterocycles. The van der Waals surface area contributed by atoms with E-state index in [2.05, 4.69) is 15.5 Å². The summed E-state index contributed by atoms with van der Waals surface area (Å²) < 4.78 is 0. The van der Waals surface area contributed by atoms with Gasteiger partial charge >= 0.3 is 0 Å². The zero-order chi connectivity index (χ0) is 13.7. The van der Waals surface area contributed by atoms with Gasteiger partial charge in [0.25, 0.3) is 5.91 Å². The Morgan fingerprint density at radius 2 is 2.11 bits per heavy atom. The van der Waals surface area contributed by atoms with Gasteiger partial charge in [0.2, 0.25) is 0 Å². The number of nitrogen functional groups attached to an aromatic ring is 1. The molecule has 104 valence electrons. The SMILES string of the molecule is CNC(=O)c1ccc(NCCN2CCCC2)c(N)c1. The predicted octanol–water partition coefficient (Wildman–Crippen LogP) is 1.14. The molecule has 0 saturated carbocycles. The number of rotatable bonds is 5. The van der Waals surface area contributed by atoms with Gasteiger partial charge in [0.15, 0.2) is 0 Å². The summed E-state index contributed by atoms with van der Waals surface area (Å²) in [6.45, 7) is 4.32. The maximum atomic E-state index is 11.5. The monoisotopic (exact) mass is 262 g/mol. The number of anilines is 2. The zero-order valence-corrected chi connectivity index (χ0v) is 11.4. The molecule has 19 heavy (non-hydrogen) atoms. The average molecular weight is 262 g/mol. The third-order valence-electron chi connectivity index (χ3n) is 3.48. The van der Waals surface area contributed by atoms with Gasteiger partial charge in [-0.25, -0.2) is 0 Å². The van der Waals surface area contributed by atoms with Crippen LogP contribution >= 0.6 is 0 Å². The number of hydrogen-bond acceptors (Lipinski definition) is 4. The predicted molar refractivity (Wildman–Crippen MR) is 78.4 cm³/mol. The number of likely N-dealkylation sites (tertiary alicyclic amines) is 1. The molecule has 1 fully saturated rings. The summed E-state index contributed by atoms with van der Waals surface area (Å²) >= 11 is 0. The number of amides is 1. The number of nitrogens with zero attached hydrogens (tertiary/aromatic N) is 1. The molecule has 1 aliphatic rings. The molecule has 0 atom stereocenters. The molecular formula is C14H22N4O. The molecule has 0 unspecified atom stereocenters. The van der Waals surface area contributed by atoms with Crippen molar-refractivity contribution in [2.24, 2.45) is 0 Å². The van der Waals surface area contributed by atoms with Crippen molar-refractivity contribution in [3.8, 4) is 0 Å². The fourth-order valence-corrected chi connectivity index (χ4v) is 2.36. The lowest BCUT2D eigenvalue weighted by Gasteiger charge is -2.16. The van der Waals surface area contributed by atoms with E-state index >= 15 is 0 Å². The highest BCUT2D eigenvalue weighted by Crippen LogP contribution is 2.19. The van der Waals surface area contributed by atoms with Gasteiger partial charge in [-0.1, -0.05) is 0 Å². The van der Waals surface area contributed by atoms with Crippen molar-refractivity contribution in [3.05, 3.63) is 23.8 Å². The van der Waals surface area contributed by atoms with Gasteiger partial charge in [-0.3, -0.25) is 4.79 Å². The summed E-state index contributed by atoms with van der Waals surface area (Å²) in [4.78, 5) is 13.9. The molecule has 0 spiro atoms. The van der Waals surface area contributed by atoms with Crippen LogP contribution in [0.1, 0.15) is 23.2 Å². The van der Waals surface area contributed by atoms with E-state index in [0.29, 0.717) is 11.3 Å². The first kappa shape index (κ1) is 13.7. The Hall–Kier alpha value is -1.75. The van der Waals surface area contributed by atoms with Crippen molar-refractivity contribution < 1.29 is 4.79 Å². The van der Waals surface area contributed by atoms with Crippen molar-refractivity contribution in [2.45, 2.75) is 12.8 Å². The van der Waals surface area contributed by atoms with Crippen molar-refractivity contribution in [3.63, 3.8) is 0 Å². The molecule has 5 heteroatoms. The Labute approximate surface area is 114 Å². The van der Waals surface area contributed by atoms with Crippen LogP contribution in [-0.2, 0) is 0 Å². The number of carbonyl (C=O) groups is 1. The lowest BCUT2D eigenvalue weighted by Crippen LogP contribution is -2.26. The first-order valence-corrected chi connectivity index (χ1v) is 6.78. The normalized spacial score (nSPS) is 15.4. The van der Waals surface area contributed by atoms with Gasteiger partial charge < -0.3 is 21.3 Å². The van der Waals surface area contributed by atoms with Crippen LogP contribution in [0.4, 0.5) is 11.4 Å². The molecule has 1 heterocycles. The van der Waals surface area contributed by atoms with Gasteiger partial charge in [0, 0.05) is 25.7 Å². The summed E-state index contributed by atoms with van der Waals surface area (Å²) in [5, 5.41) is 5.91. The zero-order valence-electron chi connectivity index (χ0n) is 11.4. The standard InChI is InChI=1S/C14H22N4O/c1-16-14(19)11-4-5-13(12(15)10-11)17-6-9-18-7-2-3-8-18/h4-5,10,17H,2-3,6-9,15H2,1H3,(H,16,19). The number of benzene rings is 1. The summed E-state index contributed by atoms with van der Waals surface area (Å²) in [5.41, 5.74) is 8.05. The van der Waals surface area contributed by atoms with Gasteiger partial charge in [0.1, 0.15) is 0 Å². The van der Waals surface area contributed by atoms with Crippen molar-refractivity contribution in [1.82, 2.24) is 10.2 Å². The van der Waals surface area contributed by atoms with E-state index in [-0.39, 0.29) is 5.91 Å². The minimum Gasteiger partial charge on any atom is -0.397 e. The highest BCUT2D eigenvalue weighted by Gasteiger charge is 2.11. The number of nitrogens with one attached hydrogen (secondary N) is 2. The second-order valence-corrected chi connectivity index (χ2v) is 4.86. The van der Waals surface area contributed by atoms with Gasteiger partial charge in [0.05, 0.1) is 11.4 Å². The molecule has 1 aromatic carbocycles. The Kier molecular flexibility index (Phi) is 4.63. The molecule has 1 aromatic rings. The van der Waals surface area contributed by atoms with Crippen molar-refractivity contribution in [1.29, 1.82) is 0 Å². The molecule has 4 N–H and O–H groups in total. The Morgan fingerprint density at radius 3 is 2.74 bits per heavy atom. The fourth-order valence-electron chi connectivity index (χ4n) is 2.36. The average Bonchev–Trinajstić information content (AvgIpc) is 2.93. The number of hydrogen-bond donors (Lipinski definition) is 3. The van der Waals surface area contributed by atoms with E-state index in [1.165, 1.54) is 25.9 Å². The summed E-state index contributed by atoms with van der Waals surface area (Å²) in [6, 6.07) is 5.36. The summed E-state index contributed by atoms with van der Waals surface area (Å²) in [6.07, 6.45) is 2.62. The topological polar surface area (TPSA) is 70.4 Å². The molecule has 2 rings (SSSR count). The fraction of sp³-hybridized carbons (Fsp3) is 0.500. The molecule has 0 radical (unpaired) electrons. The molecule has 1 amide bonds. The van der Waals surface area contributed by atoms with E-state index in [9.17, 15) is 4.79 Å². The van der Waals surface area contributed by atoms with E-state index in [0.717, 1.165) is 18.8 Å². The van der Waals surface area contributed by atoms with E-state index in [1.807, 2.05) is 6.07 Å². The minimum atomic E-state index is -0.115. The second-order valence-electron chi connectivity index (χ2n) is 4.86. The highest BCUT2D eigenvalue weighted by molar-refractivity contribution is 5.95. The van der Waals surface area contributed by atoms with Crippen molar-refractivity contribution >= 4 is 17.3 Å². The summed E-state index contributed by atoms with van der Waals surface area (Å²) in [5.74, 6) is -0.115. The molecule has 0 bridgehead atoms. The maximum Gasteiger partial charge on any atom is 0.251 e. The van der Waals surface area contributed by atoms with Gasteiger partial charge in [-0.15, -0.1) is 0 Å². The van der Waals surface area contributed by atoms with Crippen LogP contribution in [0.25, 0.3) is 0 Å². The minimum absolute atomic E-state index is 0.115. The third-order valence-corrected chi connectivity index (χ3v) is 3.48. The lowest BCUT2D eigenvalue weighted by molar-refractivity contribution is 0.0963. The van der Waals surface area contributed by atoms with Crippen LogP contribution in [0.5, 0.6) is 0 Å². The lowest BCUT2D eigenvalue weighted by atomic mass is 10.1. The first-order chi connectivity index (χ1) is 9.20. The van der Waals surface area contributed by atoms with Crippen LogP contribution in [0, 0.1) is 0 Å². The van der Waals surface area contributed by atoms with Crippen LogP contribution < -0.4 is 16.4 Å². The quantitative estimate of drug-likeness (QED) is 0.696. The first-order valence-electron chi connectivity index (χ1n) is 6.78. The van der Waals surface area contributed by atoms with Crippen LogP contribution in [-0.4, -0.2) is 44.0 Å². The van der Waals surface area contributed by atoms with E-state index < -0.39 is 0 Å². The number of nitrogens with two attached hydrogens (primary N) is 1. The smallest absolute Gasteiger partial charge is 0.251 e. The van der Waals surface area contributed by atoms with Crippen LogP contribution in [0.2, 0.25) is 0 Å². The Morgan fingerprint density at radius 1 is 1.37 bits per heavy atom. The summed E-state index contributed by atoms with van der Waals surface area (Å²) in [7, 11) is 1.61. The Balaban J connectivity index is 1.87. The van der Waals surface area contributed by atoms with Gasteiger partial charge in [-0.2, -0.15) is 0 Å². The molecule has 0 aliphatic carbocycles. The van der Waals surface area contributed by atoms with Crippen LogP contribution in [0.15, 0.2) is 18.2 Å². The maximum absolute atomic E-state index is 11.5. The molecular weight excluding hydrogens is 240 g/mol.